The Balaban J connectivity index is 2.91. The molecule has 0 saturated heterocycles. The molecule has 0 bridgehead atoms. The summed E-state index contributed by atoms with van der Waals surface area (Å²) in [6, 6.07) is 4.20. The molecule has 92 valence electrons. The van der Waals surface area contributed by atoms with Gasteiger partial charge >= 0.3 is 0 Å². The normalized spacial score (nSPS) is 11.6. The lowest BCUT2D eigenvalue weighted by molar-refractivity contribution is 0.414. The maximum absolute atomic E-state index is 5.27. The minimum Gasteiger partial charge on any atom is -0.497 e. The van der Waals surface area contributed by atoms with E-state index in [2.05, 4.69) is 51.7 Å². The highest BCUT2D eigenvalue weighted by molar-refractivity contribution is 5.41. The molecule has 0 aromatic heterocycles. The van der Waals surface area contributed by atoms with Crippen LogP contribution in [0.15, 0.2) is 12.1 Å². The SMILES string of the molecule is CCC#CC(C)Cc1c(C)cc(OC)cc1C. The van der Waals surface area contributed by atoms with Crippen molar-refractivity contribution in [1.29, 1.82) is 0 Å². The zero-order valence-corrected chi connectivity index (χ0v) is 11.6. The van der Waals surface area contributed by atoms with Crippen LogP contribution < -0.4 is 4.74 Å². The molecule has 1 heteroatoms. The highest BCUT2D eigenvalue weighted by Gasteiger charge is 2.08. The topological polar surface area (TPSA) is 9.23 Å². The van der Waals surface area contributed by atoms with E-state index in [-0.39, 0.29) is 0 Å². The van der Waals surface area contributed by atoms with Gasteiger partial charge < -0.3 is 4.74 Å². The number of benzene rings is 1. The molecule has 17 heavy (non-hydrogen) atoms. The van der Waals surface area contributed by atoms with Crippen LogP contribution in [0.2, 0.25) is 0 Å². The van der Waals surface area contributed by atoms with Gasteiger partial charge in [-0.05, 0) is 49.1 Å². The first-order valence-corrected chi connectivity index (χ1v) is 6.21. The molecule has 1 nitrogen and oxygen atoms in total. The number of hydrogen-bond donors (Lipinski definition) is 0. The molecule has 0 amide bonds. The van der Waals surface area contributed by atoms with Crippen molar-refractivity contribution >= 4 is 0 Å². The molecule has 0 aliphatic carbocycles. The number of hydrogen-bond acceptors (Lipinski definition) is 1. The summed E-state index contributed by atoms with van der Waals surface area (Å²) in [5.41, 5.74) is 4.00. The maximum Gasteiger partial charge on any atom is 0.119 e. The summed E-state index contributed by atoms with van der Waals surface area (Å²) in [4.78, 5) is 0. The third kappa shape index (κ3) is 3.82. The average Bonchev–Trinajstić information content (AvgIpc) is 2.30. The van der Waals surface area contributed by atoms with Crippen molar-refractivity contribution in [1.82, 2.24) is 0 Å². The number of methoxy groups -OCH3 is 1. The van der Waals surface area contributed by atoms with Crippen LogP contribution in [-0.4, -0.2) is 7.11 Å². The van der Waals surface area contributed by atoms with Gasteiger partial charge in [-0.15, -0.1) is 5.92 Å². The third-order valence-corrected chi connectivity index (χ3v) is 2.94. The Hall–Kier alpha value is -1.42. The number of rotatable bonds is 3. The second-order valence-electron chi connectivity index (χ2n) is 4.52. The Bertz CT molecular complexity index is 412. The summed E-state index contributed by atoms with van der Waals surface area (Å²) in [7, 11) is 1.71. The second-order valence-corrected chi connectivity index (χ2v) is 4.52. The molecule has 1 atom stereocenters. The van der Waals surface area contributed by atoms with Crippen LogP contribution >= 0.6 is 0 Å². The molecule has 0 aliphatic heterocycles. The second kappa shape index (κ2) is 6.35. The Morgan fingerprint density at radius 2 is 1.82 bits per heavy atom. The molecule has 0 saturated carbocycles. The highest BCUT2D eigenvalue weighted by Crippen LogP contribution is 2.23. The van der Waals surface area contributed by atoms with E-state index in [1.165, 1.54) is 16.7 Å². The average molecular weight is 230 g/mol. The fourth-order valence-corrected chi connectivity index (χ4v) is 2.03. The lowest BCUT2D eigenvalue weighted by atomic mass is 9.93. The van der Waals surface area contributed by atoms with Gasteiger partial charge in [0.2, 0.25) is 0 Å². The largest absolute Gasteiger partial charge is 0.497 e. The Kier molecular flexibility index (Phi) is 5.10. The molecular formula is C16H22O. The predicted molar refractivity (Wildman–Crippen MR) is 73.4 cm³/mol. The van der Waals surface area contributed by atoms with Crippen molar-refractivity contribution in [2.24, 2.45) is 5.92 Å². The van der Waals surface area contributed by atoms with Crippen molar-refractivity contribution in [2.75, 3.05) is 7.11 Å². The minimum absolute atomic E-state index is 0.417. The molecule has 0 spiro atoms. The maximum atomic E-state index is 5.27. The molecule has 0 aliphatic rings. The fourth-order valence-electron chi connectivity index (χ4n) is 2.03. The van der Waals surface area contributed by atoms with Crippen LogP contribution in [0.25, 0.3) is 0 Å². The van der Waals surface area contributed by atoms with Crippen LogP contribution in [-0.2, 0) is 6.42 Å². The summed E-state index contributed by atoms with van der Waals surface area (Å²) < 4.78 is 5.27. The fraction of sp³-hybridized carbons (Fsp3) is 0.500. The molecule has 1 unspecified atom stereocenters. The summed E-state index contributed by atoms with van der Waals surface area (Å²) in [5.74, 6) is 7.80. The lowest BCUT2D eigenvalue weighted by Crippen LogP contribution is -2.02. The van der Waals surface area contributed by atoms with Gasteiger partial charge in [0.15, 0.2) is 0 Å². The van der Waals surface area contributed by atoms with Gasteiger partial charge in [-0.3, -0.25) is 0 Å². The van der Waals surface area contributed by atoms with Crippen molar-refractivity contribution < 1.29 is 4.74 Å². The van der Waals surface area contributed by atoms with Crippen LogP contribution in [0.5, 0.6) is 5.75 Å². The lowest BCUT2D eigenvalue weighted by Gasteiger charge is -2.13. The first-order valence-electron chi connectivity index (χ1n) is 6.21. The van der Waals surface area contributed by atoms with Crippen LogP contribution in [0.4, 0.5) is 0 Å². The minimum atomic E-state index is 0.417. The Morgan fingerprint density at radius 1 is 1.24 bits per heavy atom. The van der Waals surface area contributed by atoms with Gasteiger partial charge in [0.25, 0.3) is 0 Å². The smallest absolute Gasteiger partial charge is 0.119 e. The van der Waals surface area contributed by atoms with Crippen LogP contribution in [0.3, 0.4) is 0 Å². The highest BCUT2D eigenvalue weighted by atomic mass is 16.5. The monoisotopic (exact) mass is 230 g/mol. The van der Waals surface area contributed by atoms with Crippen molar-refractivity contribution in [3.8, 4) is 17.6 Å². The van der Waals surface area contributed by atoms with E-state index < -0.39 is 0 Å². The van der Waals surface area contributed by atoms with Crippen LogP contribution in [0, 0.1) is 31.6 Å². The van der Waals surface area contributed by atoms with E-state index in [1.54, 1.807) is 7.11 Å². The molecule has 0 radical (unpaired) electrons. The standard InChI is InChI=1S/C16H22O/c1-6-7-8-12(2)9-16-13(3)10-15(17-5)11-14(16)4/h10-12H,6,9H2,1-5H3. The van der Waals surface area contributed by atoms with E-state index in [0.29, 0.717) is 5.92 Å². The molecule has 1 aromatic carbocycles. The van der Waals surface area contributed by atoms with Crippen molar-refractivity contribution in [3.63, 3.8) is 0 Å². The Labute approximate surface area is 105 Å². The number of aryl methyl sites for hydroxylation is 2. The van der Waals surface area contributed by atoms with Crippen LogP contribution in [0.1, 0.15) is 37.0 Å². The molecule has 0 fully saturated rings. The molecular weight excluding hydrogens is 208 g/mol. The zero-order chi connectivity index (χ0) is 12.8. The summed E-state index contributed by atoms with van der Waals surface area (Å²) >= 11 is 0. The molecule has 0 N–H and O–H groups in total. The van der Waals surface area contributed by atoms with Gasteiger partial charge in [0, 0.05) is 12.3 Å². The first kappa shape index (κ1) is 13.6. The third-order valence-electron chi connectivity index (χ3n) is 2.94. The van der Waals surface area contributed by atoms with Gasteiger partial charge in [0.1, 0.15) is 5.75 Å². The van der Waals surface area contributed by atoms with E-state index in [9.17, 15) is 0 Å². The summed E-state index contributed by atoms with van der Waals surface area (Å²) in [6.07, 6.45) is 1.96. The zero-order valence-electron chi connectivity index (χ0n) is 11.6. The van der Waals surface area contributed by atoms with E-state index in [1.807, 2.05) is 0 Å². The van der Waals surface area contributed by atoms with Gasteiger partial charge in [-0.25, -0.2) is 0 Å². The van der Waals surface area contributed by atoms with E-state index in [4.69, 9.17) is 4.74 Å². The van der Waals surface area contributed by atoms with Crippen molar-refractivity contribution in [3.05, 3.63) is 28.8 Å². The van der Waals surface area contributed by atoms with Crippen molar-refractivity contribution in [2.45, 2.75) is 40.5 Å². The first-order chi connectivity index (χ1) is 8.08. The predicted octanol–water partition coefficient (Wildman–Crippen LogP) is 3.90. The molecule has 1 rings (SSSR count). The van der Waals surface area contributed by atoms with Gasteiger partial charge in [-0.1, -0.05) is 19.8 Å². The van der Waals surface area contributed by atoms with E-state index >= 15 is 0 Å². The molecule has 0 heterocycles. The Morgan fingerprint density at radius 3 is 2.29 bits per heavy atom. The van der Waals surface area contributed by atoms with E-state index in [0.717, 1.165) is 18.6 Å². The van der Waals surface area contributed by atoms with Gasteiger partial charge in [0.05, 0.1) is 7.11 Å². The molecule has 1 aromatic rings. The number of ether oxygens (including phenoxy) is 1. The summed E-state index contributed by atoms with van der Waals surface area (Å²) in [5, 5.41) is 0. The quantitative estimate of drug-likeness (QED) is 0.715. The van der Waals surface area contributed by atoms with Gasteiger partial charge in [-0.2, -0.15) is 0 Å². The summed E-state index contributed by atoms with van der Waals surface area (Å²) in [6.45, 7) is 8.56.